The van der Waals surface area contributed by atoms with Gasteiger partial charge in [-0.25, -0.2) is 9.78 Å². The summed E-state index contributed by atoms with van der Waals surface area (Å²) in [5.74, 6) is -0.422. The first-order valence-corrected chi connectivity index (χ1v) is 6.56. The topological polar surface area (TPSA) is 55.0 Å². The van der Waals surface area contributed by atoms with E-state index in [-0.39, 0.29) is 0 Å². The van der Waals surface area contributed by atoms with Gasteiger partial charge in [0, 0.05) is 20.8 Å². The number of H-pyrrole nitrogens is 1. The first kappa shape index (κ1) is 12.2. The molecule has 0 spiro atoms. The number of halogens is 1. The summed E-state index contributed by atoms with van der Waals surface area (Å²) in [6.07, 6.45) is 0. The van der Waals surface area contributed by atoms with E-state index in [0.29, 0.717) is 5.69 Å². The Labute approximate surface area is 117 Å². The second kappa shape index (κ2) is 4.35. The quantitative estimate of drug-likeness (QED) is 0.698. The summed E-state index contributed by atoms with van der Waals surface area (Å²) >= 11 is 3.46. The van der Waals surface area contributed by atoms with Crippen molar-refractivity contribution in [2.24, 2.45) is 0 Å². The summed E-state index contributed by atoms with van der Waals surface area (Å²) in [7, 11) is 1.36. The highest BCUT2D eigenvalue weighted by atomic mass is 79.9. The number of benzene rings is 1. The molecular weight excluding hydrogens is 308 g/mol. The van der Waals surface area contributed by atoms with Crippen LogP contribution in [0, 0.1) is 6.92 Å². The number of carbonyl (C=O) groups excluding carboxylic acids is 1. The number of aromatic nitrogens is 2. The molecule has 0 fully saturated rings. The molecule has 0 atom stereocenters. The smallest absolute Gasteiger partial charge is 0.356 e. The monoisotopic (exact) mass is 318 g/mol. The average molecular weight is 319 g/mol. The predicted molar refractivity (Wildman–Crippen MR) is 77.4 cm³/mol. The van der Waals surface area contributed by atoms with Gasteiger partial charge in [0.2, 0.25) is 0 Å². The number of methoxy groups -OCH3 is 1. The largest absolute Gasteiger partial charge is 0.464 e. The molecule has 0 aliphatic rings. The third-order valence-corrected chi connectivity index (χ3v) is 3.62. The van der Waals surface area contributed by atoms with Gasteiger partial charge in [0.05, 0.1) is 18.3 Å². The number of nitrogens with one attached hydrogen (secondary N) is 1. The lowest BCUT2D eigenvalue weighted by Crippen LogP contribution is -2.05. The molecular formula is C14H11BrN2O2. The number of rotatable bonds is 1. The Hall–Kier alpha value is -1.88. The first-order chi connectivity index (χ1) is 9.10. The molecule has 2 heterocycles. The van der Waals surface area contributed by atoms with Crippen LogP contribution >= 0.6 is 15.9 Å². The summed E-state index contributed by atoms with van der Waals surface area (Å²) in [5.41, 5.74) is 3.07. The predicted octanol–water partition coefficient (Wildman–Crippen LogP) is 3.57. The zero-order chi connectivity index (χ0) is 13.6. The minimum atomic E-state index is -0.422. The van der Waals surface area contributed by atoms with E-state index in [1.165, 1.54) is 7.11 Å². The van der Waals surface area contributed by atoms with E-state index in [1.54, 1.807) is 6.07 Å². The molecule has 3 aromatic rings. The molecule has 96 valence electrons. The lowest BCUT2D eigenvalue weighted by molar-refractivity contribution is 0.0594. The van der Waals surface area contributed by atoms with Gasteiger partial charge >= 0.3 is 5.97 Å². The standard InChI is InChI=1S/C14H11BrN2O2/c1-7-13-10(6-12(16-7)14(18)19-2)9-5-8(15)3-4-11(9)17-13/h3-6,17H,1-2H3. The number of pyridine rings is 1. The Morgan fingerprint density at radius 3 is 2.84 bits per heavy atom. The van der Waals surface area contributed by atoms with E-state index in [4.69, 9.17) is 4.74 Å². The van der Waals surface area contributed by atoms with Crippen LogP contribution < -0.4 is 0 Å². The van der Waals surface area contributed by atoms with Crippen LogP contribution in [0.25, 0.3) is 21.8 Å². The summed E-state index contributed by atoms with van der Waals surface area (Å²) in [5, 5.41) is 2.03. The number of esters is 1. The van der Waals surface area contributed by atoms with Crippen molar-refractivity contribution in [2.75, 3.05) is 7.11 Å². The highest BCUT2D eigenvalue weighted by molar-refractivity contribution is 9.10. The number of fused-ring (bicyclic) bond motifs is 3. The van der Waals surface area contributed by atoms with E-state index in [0.717, 1.165) is 32.0 Å². The Morgan fingerprint density at radius 2 is 2.11 bits per heavy atom. The maximum atomic E-state index is 11.6. The molecule has 0 aliphatic heterocycles. The van der Waals surface area contributed by atoms with Gasteiger partial charge in [-0.3, -0.25) is 0 Å². The van der Waals surface area contributed by atoms with Crippen LogP contribution in [0.5, 0.6) is 0 Å². The minimum absolute atomic E-state index is 0.327. The van der Waals surface area contributed by atoms with Crippen LogP contribution in [-0.2, 0) is 4.74 Å². The molecule has 1 aromatic carbocycles. The number of hydrogen-bond donors (Lipinski definition) is 1. The third-order valence-electron chi connectivity index (χ3n) is 3.13. The maximum absolute atomic E-state index is 11.6. The normalized spacial score (nSPS) is 11.1. The average Bonchev–Trinajstić information content (AvgIpc) is 2.76. The molecule has 0 amide bonds. The minimum Gasteiger partial charge on any atom is -0.464 e. The van der Waals surface area contributed by atoms with Crippen molar-refractivity contribution in [3.05, 3.63) is 40.1 Å². The third kappa shape index (κ3) is 1.90. The van der Waals surface area contributed by atoms with E-state index in [9.17, 15) is 4.79 Å². The van der Waals surface area contributed by atoms with Crippen molar-refractivity contribution >= 4 is 43.7 Å². The highest BCUT2D eigenvalue weighted by Gasteiger charge is 2.14. The second-order valence-electron chi connectivity index (χ2n) is 4.32. The van der Waals surface area contributed by atoms with Gasteiger partial charge < -0.3 is 9.72 Å². The molecule has 0 saturated heterocycles. The SMILES string of the molecule is COC(=O)c1cc2c([nH]c3ccc(Br)cc32)c(C)n1. The summed E-state index contributed by atoms with van der Waals surface area (Å²) in [6.45, 7) is 1.87. The van der Waals surface area contributed by atoms with Gasteiger partial charge in [0.15, 0.2) is 0 Å². The Bertz CT molecular complexity index is 808. The van der Waals surface area contributed by atoms with Crippen molar-refractivity contribution in [3.63, 3.8) is 0 Å². The van der Waals surface area contributed by atoms with Gasteiger partial charge in [-0.2, -0.15) is 0 Å². The van der Waals surface area contributed by atoms with Gasteiger partial charge in [0.1, 0.15) is 5.69 Å². The fourth-order valence-corrected chi connectivity index (χ4v) is 2.60. The highest BCUT2D eigenvalue weighted by Crippen LogP contribution is 2.29. The molecule has 2 aromatic heterocycles. The molecule has 0 radical (unpaired) electrons. The fraction of sp³-hybridized carbons (Fsp3) is 0.143. The molecule has 0 unspecified atom stereocenters. The van der Waals surface area contributed by atoms with E-state index >= 15 is 0 Å². The Morgan fingerprint density at radius 1 is 1.32 bits per heavy atom. The lowest BCUT2D eigenvalue weighted by Gasteiger charge is -2.01. The number of carbonyl (C=O) groups is 1. The van der Waals surface area contributed by atoms with Crippen LogP contribution in [0.2, 0.25) is 0 Å². The van der Waals surface area contributed by atoms with Gasteiger partial charge in [-0.1, -0.05) is 15.9 Å². The van der Waals surface area contributed by atoms with Crippen LogP contribution in [0.1, 0.15) is 16.2 Å². The molecule has 0 bridgehead atoms. The summed E-state index contributed by atoms with van der Waals surface area (Å²) in [6, 6.07) is 7.76. The molecule has 19 heavy (non-hydrogen) atoms. The summed E-state index contributed by atoms with van der Waals surface area (Å²) < 4.78 is 5.73. The summed E-state index contributed by atoms with van der Waals surface area (Å²) in [4.78, 5) is 19.2. The number of aromatic amines is 1. The van der Waals surface area contributed by atoms with E-state index in [1.807, 2.05) is 25.1 Å². The molecule has 1 N–H and O–H groups in total. The molecule has 5 heteroatoms. The van der Waals surface area contributed by atoms with Crippen LogP contribution in [0.15, 0.2) is 28.7 Å². The zero-order valence-electron chi connectivity index (χ0n) is 10.5. The number of aryl methyl sites for hydroxylation is 1. The lowest BCUT2D eigenvalue weighted by atomic mass is 10.1. The molecule has 3 rings (SSSR count). The Balaban J connectivity index is 2.41. The van der Waals surface area contributed by atoms with Crippen molar-refractivity contribution in [1.29, 1.82) is 0 Å². The van der Waals surface area contributed by atoms with Gasteiger partial charge in [-0.15, -0.1) is 0 Å². The molecule has 0 aliphatic carbocycles. The first-order valence-electron chi connectivity index (χ1n) is 5.77. The number of hydrogen-bond acceptors (Lipinski definition) is 3. The number of nitrogens with zero attached hydrogens (tertiary/aromatic N) is 1. The van der Waals surface area contributed by atoms with Crippen molar-refractivity contribution in [2.45, 2.75) is 6.92 Å². The fourth-order valence-electron chi connectivity index (χ4n) is 2.23. The van der Waals surface area contributed by atoms with Crippen LogP contribution in [0.4, 0.5) is 0 Å². The molecule has 0 saturated carbocycles. The van der Waals surface area contributed by atoms with E-state index < -0.39 is 5.97 Å². The second-order valence-corrected chi connectivity index (χ2v) is 5.24. The van der Waals surface area contributed by atoms with Crippen molar-refractivity contribution < 1.29 is 9.53 Å². The van der Waals surface area contributed by atoms with E-state index in [2.05, 4.69) is 25.9 Å². The van der Waals surface area contributed by atoms with Crippen molar-refractivity contribution in [1.82, 2.24) is 9.97 Å². The Kier molecular flexibility index (Phi) is 2.78. The van der Waals surface area contributed by atoms with Crippen LogP contribution in [0.3, 0.4) is 0 Å². The van der Waals surface area contributed by atoms with Gasteiger partial charge in [-0.05, 0) is 31.2 Å². The van der Waals surface area contributed by atoms with Gasteiger partial charge in [0.25, 0.3) is 0 Å². The molecule has 4 nitrogen and oxygen atoms in total. The number of ether oxygens (including phenoxy) is 1. The van der Waals surface area contributed by atoms with Crippen molar-refractivity contribution in [3.8, 4) is 0 Å². The zero-order valence-corrected chi connectivity index (χ0v) is 12.0. The van der Waals surface area contributed by atoms with Crippen LogP contribution in [-0.4, -0.2) is 23.0 Å². The maximum Gasteiger partial charge on any atom is 0.356 e.